The summed E-state index contributed by atoms with van der Waals surface area (Å²) in [4.78, 5) is 4.43. The minimum absolute atomic E-state index is 0.0244. The van der Waals surface area contributed by atoms with Crippen LogP contribution in [-0.2, 0) is 6.42 Å². The fourth-order valence-electron chi connectivity index (χ4n) is 2.75. The van der Waals surface area contributed by atoms with Gasteiger partial charge in [-0.25, -0.2) is 4.98 Å². The predicted molar refractivity (Wildman–Crippen MR) is 84.4 cm³/mol. The lowest BCUT2D eigenvalue weighted by atomic mass is 10.0. The molecular weight excluding hydrogens is 284 g/mol. The predicted octanol–water partition coefficient (Wildman–Crippen LogP) is 3.17. The first-order valence-corrected chi connectivity index (χ1v) is 8.13. The summed E-state index contributed by atoms with van der Waals surface area (Å²) in [6, 6.07) is 4.25. The Hall–Kier alpha value is -1.59. The standard InChI is InChI=1S/C16H20N2O2S/c1-4-19-14-8-11-7-10(2)20-13(11)9-12(14)15(17-3)16-18-5-6-21-16/h5-6,8-10,15,17H,4,7H2,1-3H3. The SMILES string of the molecule is CCOc1cc2c(cc1C(NC)c1nccs1)OC(C)C2. The fraction of sp³-hybridized carbons (Fsp3) is 0.438. The Morgan fingerprint density at radius 2 is 2.38 bits per heavy atom. The summed E-state index contributed by atoms with van der Waals surface area (Å²) in [6.45, 7) is 4.75. The number of hydrogen-bond donors (Lipinski definition) is 1. The molecule has 2 heterocycles. The summed E-state index contributed by atoms with van der Waals surface area (Å²) in [6.07, 6.45) is 3.01. The van der Waals surface area contributed by atoms with Crippen LogP contribution in [0.25, 0.3) is 0 Å². The van der Waals surface area contributed by atoms with E-state index in [1.807, 2.05) is 25.5 Å². The molecule has 1 aromatic heterocycles. The van der Waals surface area contributed by atoms with E-state index in [9.17, 15) is 0 Å². The first-order chi connectivity index (χ1) is 10.2. The maximum atomic E-state index is 5.89. The smallest absolute Gasteiger partial charge is 0.125 e. The minimum Gasteiger partial charge on any atom is -0.494 e. The van der Waals surface area contributed by atoms with Crippen molar-refractivity contribution >= 4 is 11.3 Å². The van der Waals surface area contributed by atoms with E-state index in [0.29, 0.717) is 6.61 Å². The molecule has 0 fully saturated rings. The van der Waals surface area contributed by atoms with Gasteiger partial charge in [-0.1, -0.05) is 0 Å². The highest BCUT2D eigenvalue weighted by molar-refractivity contribution is 7.09. The van der Waals surface area contributed by atoms with Crippen LogP contribution in [0.4, 0.5) is 0 Å². The summed E-state index contributed by atoms with van der Waals surface area (Å²) < 4.78 is 11.8. The molecule has 2 aromatic rings. The van der Waals surface area contributed by atoms with Gasteiger partial charge < -0.3 is 14.8 Å². The van der Waals surface area contributed by atoms with Crippen molar-refractivity contribution < 1.29 is 9.47 Å². The lowest BCUT2D eigenvalue weighted by molar-refractivity contribution is 0.254. The third-order valence-corrected chi connectivity index (χ3v) is 4.47. The highest BCUT2D eigenvalue weighted by Crippen LogP contribution is 2.39. The molecule has 0 radical (unpaired) electrons. The average molecular weight is 304 g/mol. The third kappa shape index (κ3) is 2.76. The topological polar surface area (TPSA) is 43.4 Å². The van der Waals surface area contributed by atoms with Gasteiger partial charge >= 0.3 is 0 Å². The summed E-state index contributed by atoms with van der Waals surface area (Å²) >= 11 is 1.64. The maximum absolute atomic E-state index is 5.89. The Labute approximate surface area is 129 Å². The van der Waals surface area contributed by atoms with Gasteiger partial charge in [0.05, 0.1) is 12.6 Å². The number of aromatic nitrogens is 1. The van der Waals surface area contributed by atoms with Crippen molar-refractivity contribution in [3.8, 4) is 11.5 Å². The normalized spacial score (nSPS) is 18.1. The summed E-state index contributed by atoms with van der Waals surface area (Å²) in [7, 11) is 1.94. The highest BCUT2D eigenvalue weighted by atomic mass is 32.1. The molecule has 1 N–H and O–H groups in total. The van der Waals surface area contributed by atoms with Crippen LogP contribution in [0.5, 0.6) is 11.5 Å². The molecule has 112 valence electrons. The van der Waals surface area contributed by atoms with Gasteiger partial charge in [-0.2, -0.15) is 0 Å². The molecule has 0 saturated heterocycles. The van der Waals surface area contributed by atoms with Crippen molar-refractivity contribution in [1.29, 1.82) is 0 Å². The second-order valence-electron chi connectivity index (χ2n) is 5.16. The van der Waals surface area contributed by atoms with Gasteiger partial charge in [0.2, 0.25) is 0 Å². The highest BCUT2D eigenvalue weighted by Gasteiger charge is 2.26. The van der Waals surface area contributed by atoms with Crippen LogP contribution < -0.4 is 14.8 Å². The zero-order valence-corrected chi connectivity index (χ0v) is 13.4. The van der Waals surface area contributed by atoms with Crippen LogP contribution >= 0.6 is 11.3 Å². The van der Waals surface area contributed by atoms with Crippen molar-refractivity contribution in [1.82, 2.24) is 10.3 Å². The first kappa shape index (κ1) is 14.4. The molecule has 4 nitrogen and oxygen atoms in total. The van der Waals surface area contributed by atoms with Crippen LogP contribution in [0.2, 0.25) is 0 Å². The molecule has 21 heavy (non-hydrogen) atoms. The average Bonchev–Trinajstić information content (AvgIpc) is 3.09. The van der Waals surface area contributed by atoms with Gasteiger partial charge in [0.15, 0.2) is 0 Å². The van der Waals surface area contributed by atoms with E-state index in [-0.39, 0.29) is 12.1 Å². The maximum Gasteiger partial charge on any atom is 0.125 e. The van der Waals surface area contributed by atoms with Gasteiger partial charge in [-0.3, -0.25) is 0 Å². The fourth-order valence-corrected chi connectivity index (χ4v) is 3.51. The molecule has 3 rings (SSSR count). The molecule has 2 unspecified atom stereocenters. The molecule has 0 amide bonds. The number of thiazole rings is 1. The molecule has 0 saturated carbocycles. The molecule has 1 aromatic carbocycles. The van der Waals surface area contributed by atoms with Crippen molar-refractivity contribution in [2.45, 2.75) is 32.4 Å². The van der Waals surface area contributed by atoms with Crippen molar-refractivity contribution in [3.63, 3.8) is 0 Å². The van der Waals surface area contributed by atoms with Gasteiger partial charge in [-0.05, 0) is 33.0 Å². The molecular formula is C16H20N2O2S. The number of fused-ring (bicyclic) bond motifs is 1. The van der Waals surface area contributed by atoms with E-state index in [2.05, 4.69) is 29.4 Å². The zero-order valence-electron chi connectivity index (χ0n) is 12.6. The van der Waals surface area contributed by atoms with Crippen LogP contribution in [0.3, 0.4) is 0 Å². The van der Waals surface area contributed by atoms with E-state index < -0.39 is 0 Å². The molecule has 0 bridgehead atoms. The quantitative estimate of drug-likeness (QED) is 0.921. The van der Waals surface area contributed by atoms with E-state index in [4.69, 9.17) is 9.47 Å². The van der Waals surface area contributed by atoms with Crippen LogP contribution in [0.1, 0.15) is 36.0 Å². The summed E-state index contributed by atoms with van der Waals surface area (Å²) in [5, 5.41) is 6.36. The largest absolute Gasteiger partial charge is 0.494 e. The van der Waals surface area contributed by atoms with Gasteiger partial charge in [0.25, 0.3) is 0 Å². The lowest BCUT2D eigenvalue weighted by Gasteiger charge is -2.19. The molecule has 2 atom stereocenters. The Morgan fingerprint density at radius 1 is 1.52 bits per heavy atom. The number of benzene rings is 1. The summed E-state index contributed by atoms with van der Waals surface area (Å²) in [5.74, 6) is 1.89. The Balaban J connectivity index is 2.05. The number of rotatable bonds is 5. The van der Waals surface area contributed by atoms with E-state index in [1.54, 1.807) is 11.3 Å². The Morgan fingerprint density at radius 3 is 3.05 bits per heavy atom. The van der Waals surface area contributed by atoms with Crippen molar-refractivity contribution in [2.24, 2.45) is 0 Å². The van der Waals surface area contributed by atoms with Crippen molar-refractivity contribution in [3.05, 3.63) is 39.8 Å². The molecule has 1 aliphatic heterocycles. The monoisotopic (exact) mass is 304 g/mol. The number of nitrogens with one attached hydrogen (secondary N) is 1. The van der Waals surface area contributed by atoms with Gasteiger partial charge in [0.1, 0.15) is 22.6 Å². The van der Waals surface area contributed by atoms with Gasteiger partial charge in [-0.15, -0.1) is 11.3 Å². The third-order valence-electron chi connectivity index (χ3n) is 3.63. The second kappa shape index (κ2) is 6.03. The first-order valence-electron chi connectivity index (χ1n) is 7.25. The lowest BCUT2D eigenvalue weighted by Crippen LogP contribution is -2.18. The molecule has 1 aliphatic rings. The Kier molecular flexibility index (Phi) is 4.12. The van der Waals surface area contributed by atoms with E-state index in [0.717, 1.165) is 28.5 Å². The molecule has 0 spiro atoms. The van der Waals surface area contributed by atoms with E-state index >= 15 is 0 Å². The summed E-state index contributed by atoms with van der Waals surface area (Å²) in [5.41, 5.74) is 2.31. The Bertz CT molecular complexity index is 613. The molecule has 0 aliphatic carbocycles. The molecule has 5 heteroatoms. The number of hydrogen-bond acceptors (Lipinski definition) is 5. The van der Waals surface area contributed by atoms with Crippen molar-refractivity contribution in [2.75, 3.05) is 13.7 Å². The zero-order chi connectivity index (χ0) is 14.8. The second-order valence-corrected chi connectivity index (χ2v) is 6.08. The van der Waals surface area contributed by atoms with Gasteiger partial charge in [0, 0.05) is 29.1 Å². The van der Waals surface area contributed by atoms with Crippen LogP contribution in [0.15, 0.2) is 23.7 Å². The van der Waals surface area contributed by atoms with E-state index in [1.165, 1.54) is 5.56 Å². The number of nitrogens with zero attached hydrogens (tertiary/aromatic N) is 1. The van der Waals surface area contributed by atoms with Crippen LogP contribution in [-0.4, -0.2) is 24.7 Å². The minimum atomic E-state index is 0.0244. The number of ether oxygens (including phenoxy) is 2. The van der Waals surface area contributed by atoms with Crippen LogP contribution in [0, 0.1) is 0 Å².